The number of rotatable bonds is 5. The van der Waals surface area contributed by atoms with Crippen LogP contribution in [0.1, 0.15) is 16.8 Å². The molecule has 6 heteroatoms. The van der Waals surface area contributed by atoms with Crippen LogP contribution in [-0.2, 0) is 26.1 Å². The molecule has 31 heavy (non-hydrogen) atoms. The number of aromatic nitrogens is 3. The fourth-order valence-electron chi connectivity index (χ4n) is 4.34. The summed E-state index contributed by atoms with van der Waals surface area (Å²) in [4.78, 5) is 22.9. The Morgan fingerprint density at radius 3 is 2.77 bits per heavy atom. The first-order valence-corrected chi connectivity index (χ1v) is 10.8. The molecule has 0 fully saturated rings. The molecule has 0 atom stereocenters. The summed E-state index contributed by atoms with van der Waals surface area (Å²) in [7, 11) is 0. The van der Waals surface area contributed by atoms with Gasteiger partial charge in [0.25, 0.3) is 5.56 Å². The van der Waals surface area contributed by atoms with Crippen LogP contribution in [0.15, 0.2) is 72.2 Å². The van der Waals surface area contributed by atoms with Crippen molar-refractivity contribution in [1.29, 1.82) is 0 Å². The Morgan fingerprint density at radius 2 is 1.97 bits per heavy atom. The molecular weight excluding hydrogens is 408 g/mol. The second kappa shape index (κ2) is 8.17. The minimum absolute atomic E-state index is 0.0614. The van der Waals surface area contributed by atoms with Crippen molar-refractivity contribution in [2.45, 2.75) is 26.1 Å². The van der Waals surface area contributed by atoms with E-state index in [2.05, 4.69) is 51.5 Å². The molecule has 0 radical (unpaired) electrons. The summed E-state index contributed by atoms with van der Waals surface area (Å²) in [6.45, 7) is 6.91. The fraction of sp³-hybridized carbons (Fsp3) is 0.200. The Morgan fingerprint density at radius 1 is 1.16 bits per heavy atom. The minimum Gasteiger partial charge on any atom is -0.343 e. The molecular formula is C25H23ClN4O. The lowest BCUT2D eigenvalue weighted by atomic mass is 10.1. The number of benzene rings is 2. The second-order valence-electron chi connectivity index (χ2n) is 7.92. The number of nitrogens with one attached hydrogen (secondary N) is 1. The molecule has 5 nitrogen and oxygen atoms in total. The molecule has 0 saturated heterocycles. The van der Waals surface area contributed by atoms with E-state index in [-0.39, 0.29) is 5.56 Å². The van der Waals surface area contributed by atoms with Crippen LogP contribution in [0.2, 0.25) is 5.02 Å². The lowest BCUT2D eigenvalue weighted by Gasteiger charge is -2.27. The van der Waals surface area contributed by atoms with Crippen LogP contribution < -0.4 is 5.56 Å². The Kier molecular flexibility index (Phi) is 5.22. The highest BCUT2D eigenvalue weighted by Gasteiger charge is 2.22. The monoisotopic (exact) mass is 430 g/mol. The van der Waals surface area contributed by atoms with Gasteiger partial charge in [0.2, 0.25) is 0 Å². The van der Waals surface area contributed by atoms with E-state index in [1.54, 1.807) is 12.1 Å². The molecule has 1 N–H and O–H groups in total. The first kappa shape index (κ1) is 19.8. The Hall–Kier alpha value is -3.15. The summed E-state index contributed by atoms with van der Waals surface area (Å²) < 4.78 is 2.22. The standard InChI is InChI=1S/C25H23ClN4O/c1-2-12-30-15-18(20-5-3-4-6-23(20)30)14-29-13-11-22-21(16-29)25(31)28-24(27-22)17-7-9-19(26)10-8-17/h2-10,15H,1,11-14,16H2,(H,27,28,31). The molecule has 0 unspecified atom stereocenters. The van der Waals surface area contributed by atoms with E-state index >= 15 is 0 Å². The fourth-order valence-corrected chi connectivity index (χ4v) is 4.47. The molecule has 0 saturated carbocycles. The van der Waals surface area contributed by atoms with Crippen molar-refractivity contribution in [2.75, 3.05) is 6.54 Å². The minimum atomic E-state index is -0.0614. The summed E-state index contributed by atoms with van der Waals surface area (Å²) in [6.07, 6.45) is 4.87. The average molecular weight is 431 g/mol. The van der Waals surface area contributed by atoms with E-state index in [1.807, 2.05) is 18.2 Å². The van der Waals surface area contributed by atoms with E-state index in [0.717, 1.165) is 42.9 Å². The normalized spacial score (nSPS) is 14.0. The van der Waals surface area contributed by atoms with Crippen molar-refractivity contribution in [3.63, 3.8) is 0 Å². The highest BCUT2D eigenvalue weighted by atomic mass is 35.5. The van der Waals surface area contributed by atoms with Gasteiger partial charge < -0.3 is 9.55 Å². The molecule has 1 aliphatic rings. The highest BCUT2D eigenvalue weighted by molar-refractivity contribution is 6.30. The van der Waals surface area contributed by atoms with Gasteiger partial charge in [-0.05, 0) is 35.9 Å². The highest BCUT2D eigenvalue weighted by Crippen LogP contribution is 2.25. The Balaban J connectivity index is 1.42. The van der Waals surface area contributed by atoms with E-state index in [4.69, 9.17) is 16.6 Å². The predicted octanol–water partition coefficient (Wildman–Crippen LogP) is 4.79. The van der Waals surface area contributed by atoms with Crippen LogP contribution in [0.5, 0.6) is 0 Å². The number of H-pyrrole nitrogens is 1. The molecule has 2 aromatic heterocycles. The predicted molar refractivity (Wildman–Crippen MR) is 125 cm³/mol. The molecule has 0 aliphatic carbocycles. The van der Waals surface area contributed by atoms with Gasteiger partial charge >= 0.3 is 0 Å². The van der Waals surface area contributed by atoms with Crippen molar-refractivity contribution >= 4 is 22.5 Å². The van der Waals surface area contributed by atoms with Crippen molar-refractivity contribution in [2.24, 2.45) is 0 Å². The van der Waals surface area contributed by atoms with E-state index in [0.29, 0.717) is 17.4 Å². The average Bonchev–Trinajstić information content (AvgIpc) is 3.12. The van der Waals surface area contributed by atoms with E-state index in [9.17, 15) is 4.79 Å². The van der Waals surface area contributed by atoms with Gasteiger partial charge in [-0.1, -0.05) is 35.9 Å². The van der Waals surface area contributed by atoms with Crippen LogP contribution in [0.25, 0.3) is 22.3 Å². The molecule has 2 aromatic carbocycles. The second-order valence-corrected chi connectivity index (χ2v) is 8.36. The smallest absolute Gasteiger partial charge is 0.255 e. The number of allylic oxidation sites excluding steroid dienone is 1. The van der Waals surface area contributed by atoms with Gasteiger partial charge in [-0.15, -0.1) is 6.58 Å². The lowest BCUT2D eigenvalue weighted by molar-refractivity contribution is 0.242. The molecule has 0 bridgehead atoms. The zero-order valence-electron chi connectivity index (χ0n) is 17.1. The maximum atomic E-state index is 12.9. The van der Waals surface area contributed by atoms with Gasteiger partial charge in [-0.3, -0.25) is 9.69 Å². The van der Waals surface area contributed by atoms with Gasteiger partial charge in [-0.25, -0.2) is 4.98 Å². The van der Waals surface area contributed by atoms with Crippen LogP contribution in [0.3, 0.4) is 0 Å². The molecule has 5 rings (SSSR count). The molecule has 1 aliphatic heterocycles. The van der Waals surface area contributed by atoms with E-state index < -0.39 is 0 Å². The number of halogens is 1. The summed E-state index contributed by atoms with van der Waals surface area (Å²) in [5.41, 5.74) is 4.93. The van der Waals surface area contributed by atoms with Crippen LogP contribution in [0, 0.1) is 0 Å². The summed E-state index contributed by atoms with van der Waals surface area (Å²) in [5.74, 6) is 0.598. The van der Waals surface area contributed by atoms with Gasteiger partial charge in [0.1, 0.15) is 5.82 Å². The van der Waals surface area contributed by atoms with Crippen LogP contribution in [0.4, 0.5) is 0 Å². The molecule has 0 amide bonds. The number of nitrogens with zero attached hydrogens (tertiary/aromatic N) is 3. The first-order chi connectivity index (χ1) is 15.1. The van der Waals surface area contributed by atoms with Crippen molar-refractivity contribution in [3.05, 3.63) is 99.6 Å². The molecule has 4 aromatic rings. The van der Waals surface area contributed by atoms with Crippen molar-refractivity contribution < 1.29 is 0 Å². The largest absolute Gasteiger partial charge is 0.343 e. The third-order valence-corrected chi connectivity index (χ3v) is 6.11. The number of para-hydroxylation sites is 1. The number of hydrogen-bond acceptors (Lipinski definition) is 3. The Bertz CT molecular complexity index is 1320. The topological polar surface area (TPSA) is 53.9 Å². The zero-order chi connectivity index (χ0) is 21.4. The number of aromatic amines is 1. The molecule has 3 heterocycles. The van der Waals surface area contributed by atoms with Crippen LogP contribution >= 0.6 is 11.6 Å². The van der Waals surface area contributed by atoms with Gasteiger partial charge in [0.05, 0.1) is 11.3 Å². The summed E-state index contributed by atoms with van der Waals surface area (Å²) >= 11 is 5.98. The third kappa shape index (κ3) is 3.82. The Labute approximate surface area is 185 Å². The van der Waals surface area contributed by atoms with Gasteiger partial charge in [0.15, 0.2) is 0 Å². The number of fused-ring (bicyclic) bond motifs is 2. The number of hydrogen-bond donors (Lipinski definition) is 1. The quantitative estimate of drug-likeness (QED) is 0.463. The first-order valence-electron chi connectivity index (χ1n) is 10.4. The van der Waals surface area contributed by atoms with E-state index in [1.165, 1.54) is 16.5 Å². The maximum absolute atomic E-state index is 12.9. The third-order valence-electron chi connectivity index (χ3n) is 5.86. The van der Waals surface area contributed by atoms with Crippen molar-refractivity contribution in [1.82, 2.24) is 19.4 Å². The van der Waals surface area contributed by atoms with Crippen molar-refractivity contribution in [3.8, 4) is 11.4 Å². The molecule has 0 spiro atoms. The van der Waals surface area contributed by atoms with Gasteiger partial charge in [-0.2, -0.15) is 0 Å². The zero-order valence-corrected chi connectivity index (χ0v) is 17.9. The maximum Gasteiger partial charge on any atom is 0.255 e. The molecule has 156 valence electrons. The SMILES string of the molecule is C=CCn1cc(CN2CCc3nc(-c4ccc(Cl)cc4)[nH]c(=O)c3C2)c2ccccc21. The summed E-state index contributed by atoms with van der Waals surface area (Å²) in [5, 5.41) is 1.91. The summed E-state index contributed by atoms with van der Waals surface area (Å²) in [6, 6.07) is 15.8. The van der Waals surface area contributed by atoms with Crippen LogP contribution in [-0.4, -0.2) is 26.0 Å². The van der Waals surface area contributed by atoms with Gasteiger partial charge in [0, 0.05) is 60.3 Å². The lowest BCUT2D eigenvalue weighted by Crippen LogP contribution is -2.35.